The van der Waals surface area contributed by atoms with E-state index in [-0.39, 0.29) is 0 Å². The van der Waals surface area contributed by atoms with Crippen molar-refractivity contribution in [3.8, 4) is 17.0 Å². The first kappa shape index (κ1) is 14.7. The van der Waals surface area contributed by atoms with Crippen molar-refractivity contribution in [3.63, 3.8) is 0 Å². The zero-order valence-electron chi connectivity index (χ0n) is 11.8. The molecule has 3 aromatic rings. The molecule has 0 bridgehead atoms. The van der Waals surface area contributed by atoms with Crippen LogP contribution in [0.5, 0.6) is 5.75 Å². The van der Waals surface area contributed by atoms with Gasteiger partial charge in [0.1, 0.15) is 5.75 Å². The first-order valence-corrected chi connectivity index (χ1v) is 7.83. The summed E-state index contributed by atoms with van der Waals surface area (Å²) in [5, 5.41) is 6.76. The quantitative estimate of drug-likeness (QED) is 0.674. The third kappa shape index (κ3) is 3.16. The van der Waals surface area contributed by atoms with Gasteiger partial charge in [-0.3, -0.25) is 0 Å². The number of nitrogen functional groups attached to an aromatic ring is 1. The molecule has 0 spiro atoms. The summed E-state index contributed by atoms with van der Waals surface area (Å²) in [6, 6.07) is 13.1. The standard InChI is InChI=1S/C16H14ClN3OS/c1-21-15-7-2-10(8-13(15)18)14-9-22-16(20-14)19-12-5-3-11(17)4-6-12/h2-9H,18H2,1H3,(H,19,20). The highest BCUT2D eigenvalue weighted by atomic mass is 35.5. The number of benzene rings is 2. The number of aromatic nitrogens is 1. The summed E-state index contributed by atoms with van der Waals surface area (Å²) in [6.07, 6.45) is 0. The van der Waals surface area contributed by atoms with Crippen molar-refractivity contribution in [2.45, 2.75) is 0 Å². The molecule has 0 atom stereocenters. The zero-order valence-corrected chi connectivity index (χ0v) is 13.4. The average Bonchev–Trinajstić information content (AvgIpc) is 2.98. The van der Waals surface area contributed by atoms with E-state index in [0.717, 1.165) is 22.1 Å². The number of ether oxygens (including phenoxy) is 1. The van der Waals surface area contributed by atoms with E-state index in [2.05, 4.69) is 10.3 Å². The molecule has 2 aromatic carbocycles. The van der Waals surface area contributed by atoms with Gasteiger partial charge in [0.2, 0.25) is 0 Å². The number of hydrogen-bond donors (Lipinski definition) is 2. The molecule has 0 unspecified atom stereocenters. The van der Waals surface area contributed by atoms with Gasteiger partial charge in [-0.1, -0.05) is 11.6 Å². The van der Waals surface area contributed by atoms with Crippen molar-refractivity contribution in [2.75, 3.05) is 18.2 Å². The highest BCUT2D eigenvalue weighted by Crippen LogP contribution is 2.31. The summed E-state index contributed by atoms with van der Waals surface area (Å²) in [5.41, 5.74) is 9.31. The number of nitrogens with zero attached hydrogens (tertiary/aromatic N) is 1. The molecule has 1 aromatic heterocycles. The van der Waals surface area contributed by atoms with Crippen LogP contribution in [0.15, 0.2) is 47.8 Å². The van der Waals surface area contributed by atoms with E-state index >= 15 is 0 Å². The molecular weight excluding hydrogens is 318 g/mol. The molecule has 112 valence electrons. The molecule has 0 amide bonds. The van der Waals surface area contributed by atoms with Crippen LogP contribution in [-0.2, 0) is 0 Å². The molecule has 0 saturated heterocycles. The fourth-order valence-electron chi connectivity index (χ4n) is 2.01. The summed E-state index contributed by atoms with van der Waals surface area (Å²) in [4.78, 5) is 4.57. The number of anilines is 3. The largest absolute Gasteiger partial charge is 0.495 e. The first-order valence-electron chi connectivity index (χ1n) is 6.58. The number of nitrogens with one attached hydrogen (secondary N) is 1. The van der Waals surface area contributed by atoms with E-state index in [1.807, 2.05) is 47.8 Å². The lowest BCUT2D eigenvalue weighted by Crippen LogP contribution is -1.93. The molecule has 3 rings (SSSR count). The van der Waals surface area contributed by atoms with Crippen LogP contribution >= 0.6 is 22.9 Å². The molecule has 1 heterocycles. The van der Waals surface area contributed by atoms with Gasteiger partial charge >= 0.3 is 0 Å². The van der Waals surface area contributed by atoms with Gasteiger partial charge in [0.05, 0.1) is 18.5 Å². The van der Waals surface area contributed by atoms with Crippen LogP contribution in [0, 0.1) is 0 Å². The van der Waals surface area contributed by atoms with Gasteiger partial charge in [-0.15, -0.1) is 11.3 Å². The highest BCUT2D eigenvalue weighted by Gasteiger charge is 2.07. The summed E-state index contributed by atoms with van der Waals surface area (Å²) in [5.74, 6) is 0.665. The monoisotopic (exact) mass is 331 g/mol. The van der Waals surface area contributed by atoms with Crippen LogP contribution in [0.4, 0.5) is 16.5 Å². The Kier molecular flexibility index (Phi) is 4.18. The Balaban J connectivity index is 1.81. The topological polar surface area (TPSA) is 60.2 Å². The van der Waals surface area contributed by atoms with Gasteiger partial charge in [0.15, 0.2) is 5.13 Å². The van der Waals surface area contributed by atoms with E-state index in [1.54, 1.807) is 7.11 Å². The minimum Gasteiger partial charge on any atom is -0.495 e. The third-order valence-electron chi connectivity index (χ3n) is 3.13. The first-order chi connectivity index (χ1) is 10.7. The lowest BCUT2D eigenvalue weighted by molar-refractivity contribution is 0.417. The minimum atomic E-state index is 0.597. The maximum atomic E-state index is 5.94. The number of rotatable bonds is 4. The fourth-order valence-corrected chi connectivity index (χ4v) is 2.88. The van der Waals surface area contributed by atoms with Crippen LogP contribution in [0.25, 0.3) is 11.3 Å². The van der Waals surface area contributed by atoms with Gasteiger partial charge in [0, 0.05) is 21.7 Å². The molecule has 3 N–H and O–H groups in total. The predicted molar refractivity (Wildman–Crippen MR) is 93.2 cm³/mol. The third-order valence-corrected chi connectivity index (χ3v) is 4.13. The van der Waals surface area contributed by atoms with Gasteiger partial charge in [-0.05, 0) is 42.5 Å². The lowest BCUT2D eigenvalue weighted by atomic mass is 10.1. The van der Waals surface area contributed by atoms with E-state index in [0.29, 0.717) is 16.5 Å². The van der Waals surface area contributed by atoms with E-state index < -0.39 is 0 Å². The molecule has 22 heavy (non-hydrogen) atoms. The number of nitrogens with two attached hydrogens (primary N) is 1. The molecule has 0 saturated carbocycles. The maximum Gasteiger partial charge on any atom is 0.187 e. The Hall–Kier alpha value is -2.24. The van der Waals surface area contributed by atoms with Gasteiger partial charge in [-0.2, -0.15) is 0 Å². The zero-order chi connectivity index (χ0) is 15.5. The smallest absolute Gasteiger partial charge is 0.187 e. The Morgan fingerprint density at radius 3 is 2.64 bits per heavy atom. The summed E-state index contributed by atoms with van der Waals surface area (Å²) in [6.45, 7) is 0. The van der Waals surface area contributed by atoms with Crippen LogP contribution in [0.3, 0.4) is 0 Å². The van der Waals surface area contributed by atoms with Crippen LogP contribution < -0.4 is 15.8 Å². The maximum absolute atomic E-state index is 5.94. The Morgan fingerprint density at radius 2 is 1.95 bits per heavy atom. The second kappa shape index (κ2) is 6.25. The second-order valence-electron chi connectivity index (χ2n) is 4.63. The van der Waals surface area contributed by atoms with E-state index in [4.69, 9.17) is 22.1 Å². The van der Waals surface area contributed by atoms with Crippen molar-refractivity contribution in [1.29, 1.82) is 0 Å². The SMILES string of the molecule is COc1ccc(-c2csc(Nc3ccc(Cl)cc3)n2)cc1N. The fraction of sp³-hybridized carbons (Fsp3) is 0.0625. The lowest BCUT2D eigenvalue weighted by Gasteiger charge is -2.05. The minimum absolute atomic E-state index is 0.597. The summed E-state index contributed by atoms with van der Waals surface area (Å²) >= 11 is 7.41. The van der Waals surface area contributed by atoms with Crippen molar-refractivity contribution in [1.82, 2.24) is 4.98 Å². The van der Waals surface area contributed by atoms with Crippen molar-refractivity contribution in [3.05, 3.63) is 52.9 Å². The molecular formula is C16H14ClN3OS. The van der Waals surface area contributed by atoms with Gasteiger partial charge in [0.25, 0.3) is 0 Å². The van der Waals surface area contributed by atoms with Crippen LogP contribution in [0.1, 0.15) is 0 Å². The Labute approximate surface area is 137 Å². The Morgan fingerprint density at radius 1 is 1.18 bits per heavy atom. The number of thiazole rings is 1. The summed E-state index contributed by atoms with van der Waals surface area (Å²) in [7, 11) is 1.60. The molecule has 0 fully saturated rings. The molecule has 0 aliphatic carbocycles. The number of methoxy groups -OCH3 is 1. The van der Waals surface area contributed by atoms with Crippen LogP contribution in [-0.4, -0.2) is 12.1 Å². The predicted octanol–water partition coefficient (Wildman–Crippen LogP) is 4.80. The van der Waals surface area contributed by atoms with Crippen molar-refractivity contribution in [2.24, 2.45) is 0 Å². The Bertz CT molecular complexity index is 786. The molecule has 0 aliphatic rings. The normalized spacial score (nSPS) is 10.5. The summed E-state index contributed by atoms with van der Waals surface area (Å²) < 4.78 is 5.16. The van der Waals surface area contributed by atoms with Crippen molar-refractivity contribution < 1.29 is 4.74 Å². The highest BCUT2D eigenvalue weighted by molar-refractivity contribution is 7.14. The number of halogens is 1. The average molecular weight is 332 g/mol. The molecule has 0 aliphatic heterocycles. The van der Waals surface area contributed by atoms with Gasteiger partial charge < -0.3 is 15.8 Å². The van der Waals surface area contributed by atoms with E-state index in [1.165, 1.54) is 11.3 Å². The second-order valence-corrected chi connectivity index (χ2v) is 5.92. The van der Waals surface area contributed by atoms with Crippen molar-refractivity contribution >= 4 is 39.4 Å². The number of hydrogen-bond acceptors (Lipinski definition) is 5. The molecule has 4 nitrogen and oxygen atoms in total. The van der Waals surface area contributed by atoms with Crippen LogP contribution in [0.2, 0.25) is 5.02 Å². The molecule has 6 heteroatoms. The van der Waals surface area contributed by atoms with Gasteiger partial charge in [-0.25, -0.2) is 4.98 Å². The molecule has 0 radical (unpaired) electrons. The van der Waals surface area contributed by atoms with E-state index in [9.17, 15) is 0 Å².